The fraction of sp³-hybridized carbons (Fsp3) is 0.364. The Morgan fingerprint density at radius 2 is 1.84 bits per heavy atom. The van der Waals surface area contributed by atoms with Gasteiger partial charge in [0.05, 0.1) is 17.2 Å². The number of carbonyl (C=O) groups is 1. The molecule has 2 rings (SSSR count). The number of urea groups is 1. The van der Waals surface area contributed by atoms with E-state index in [0.717, 1.165) is 6.07 Å². The number of sulfone groups is 1. The third-order valence-corrected chi connectivity index (χ3v) is 4.43. The number of halogens is 2. The minimum absolute atomic E-state index is 0.0467. The van der Waals surface area contributed by atoms with E-state index in [1.807, 2.05) is 0 Å². The van der Waals surface area contributed by atoms with Gasteiger partial charge in [-0.1, -0.05) is 6.07 Å². The molecule has 0 saturated carbocycles. The van der Waals surface area contributed by atoms with Crippen LogP contribution in [0.5, 0.6) is 0 Å². The summed E-state index contributed by atoms with van der Waals surface area (Å²) in [4.78, 5) is 13.0. The SMILES string of the molecule is O=C(Nc1cccc(F)c1F)N1CCS(=O)(=O)CC1. The van der Waals surface area contributed by atoms with Crippen LogP contribution in [0.15, 0.2) is 18.2 Å². The Morgan fingerprint density at radius 3 is 2.47 bits per heavy atom. The average molecular weight is 290 g/mol. The van der Waals surface area contributed by atoms with Gasteiger partial charge in [-0.3, -0.25) is 0 Å². The molecule has 1 saturated heterocycles. The van der Waals surface area contributed by atoms with Crippen molar-refractivity contribution in [1.82, 2.24) is 4.90 Å². The molecule has 1 aliphatic rings. The van der Waals surface area contributed by atoms with Gasteiger partial charge in [-0.15, -0.1) is 0 Å². The standard InChI is InChI=1S/C11H12F2N2O3S/c12-8-2-1-3-9(10(8)13)14-11(16)15-4-6-19(17,18)7-5-15/h1-3H,4-7H2,(H,14,16). The lowest BCUT2D eigenvalue weighted by Gasteiger charge is -2.26. The average Bonchev–Trinajstić information content (AvgIpc) is 2.35. The summed E-state index contributed by atoms with van der Waals surface area (Å²) in [6.45, 7) is 0.0935. The Labute approximate surface area is 109 Å². The van der Waals surface area contributed by atoms with E-state index in [2.05, 4.69) is 5.32 Å². The van der Waals surface area contributed by atoms with Gasteiger partial charge in [0.25, 0.3) is 0 Å². The lowest BCUT2D eigenvalue weighted by atomic mass is 10.3. The molecule has 1 heterocycles. The highest BCUT2D eigenvalue weighted by molar-refractivity contribution is 7.91. The normalized spacial score (nSPS) is 18.1. The number of anilines is 1. The van der Waals surface area contributed by atoms with Crippen molar-refractivity contribution in [2.45, 2.75) is 0 Å². The van der Waals surface area contributed by atoms with Crippen molar-refractivity contribution in [3.05, 3.63) is 29.8 Å². The molecule has 1 aromatic rings. The fourth-order valence-electron chi connectivity index (χ4n) is 1.71. The maximum absolute atomic E-state index is 13.3. The summed E-state index contributed by atoms with van der Waals surface area (Å²) in [6.07, 6.45) is 0. The summed E-state index contributed by atoms with van der Waals surface area (Å²) in [7, 11) is -3.09. The van der Waals surface area contributed by atoms with Crippen molar-refractivity contribution in [1.29, 1.82) is 0 Å². The molecule has 0 atom stereocenters. The van der Waals surface area contributed by atoms with Crippen LogP contribution < -0.4 is 5.32 Å². The van der Waals surface area contributed by atoms with Crippen molar-refractivity contribution in [2.24, 2.45) is 0 Å². The predicted molar refractivity (Wildman–Crippen MR) is 65.6 cm³/mol. The van der Waals surface area contributed by atoms with Crippen LogP contribution in [-0.2, 0) is 9.84 Å². The Balaban J connectivity index is 2.04. The van der Waals surface area contributed by atoms with Gasteiger partial charge in [0.2, 0.25) is 0 Å². The second kappa shape index (κ2) is 5.12. The molecule has 1 aromatic carbocycles. The van der Waals surface area contributed by atoms with Gasteiger partial charge in [0.15, 0.2) is 21.5 Å². The second-order valence-electron chi connectivity index (χ2n) is 4.17. The molecule has 8 heteroatoms. The Bertz CT molecular complexity index is 590. The molecule has 0 unspecified atom stereocenters. The van der Waals surface area contributed by atoms with E-state index < -0.39 is 27.5 Å². The summed E-state index contributed by atoms with van der Waals surface area (Å²) in [5.41, 5.74) is -0.265. The summed E-state index contributed by atoms with van der Waals surface area (Å²) in [5.74, 6) is -2.43. The van der Waals surface area contributed by atoms with E-state index >= 15 is 0 Å². The first-order valence-corrected chi connectivity index (χ1v) is 7.41. The number of amides is 2. The second-order valence-corrected chi connectivity index (χ2v) is 6.47. The van der Waals surface area contributed by atoms with Crippen LogP contribution in [0.1, 0.15) is 0 Å². The van der Waals surface area contributed by atoms with Crippen LogP contribution in [0.3, 0.4) is 0 Å². The van der Waals surface area contributed by atoms with Crippen LogP contribution >= 0.6 is 0 Å². The van der Waals surface area contributed by atoms with Crippen LogP contribution in [-0.4, -0.2) is 43.9 Å². The summed E-state index contributed by atoms with van der Waals surface area (Å²) >= 11 is 0. The molecule has 0 bridgehead atoms. The van der Waals surface area contributed by atoms with Gasteiger partial charge in [-0.05, 0) is 12.1 Å². The summed E-state index contributed by atoms with van der Waals surface area (Å²) in [6, 6.07) is 2.81. The lowest BCUT2D eigenvalue weighted by Crippen LogP contribution is -2.45. The van der Waals surface area contributed by atoms with Crippen molar-refractivity contribution < 1.29 is 22.0 Å². The highest BCUT2D eigenvalue weighted by Gasteiger charge is 2.25. The molecule has 104 valence electrons. The lowest BCUT2D eigenvalue weighted by molar-refractivity contribution is 0.216. The maximum atomic E-state index is 13.3. The number of nitrogens with zero attached hydrogens (tertiary/aromatic N) is 1. The van der Waals surface area contributed by atoms with Gasteiger partial charge >= 0.3 is 6.03 Å². The van der Waals surface area contributed by atoms with E-state index in [4.69, 9.17) is 0 Å². The van der Waals surface area contributed by atoms with E-state index in [1.54, 1.807) is 0 Å². The largest absolute Gasteiger partial charge is 0.322 e. The van der Waals surface area contributed by atoms with Gasteiger partial charge in [0.1, 0.15) is 0 Å². The molecule has 0 spiro atoms. The van der Waals surface area contributed by atoms with Gasteiger partial charge < -0.3 is 10.2 Å². The highest BCUT2D eigenvalue weighted by Crippen LogP contribution is 2.17. The van der Waals surface area contributed by atoms with Gasteiger partial charge in [-0.2, -0.15) is 0 Å². The highest BCUT2D eigenvalue weighted by atomic mass is 32.2. The first kappa shape index (κ1) is 13.7. The van der Waals surface area contributed by atoms with Crippen molar-refractivity contribution in [3.63, 3.8) is 0 Å². The maximum Gasteiger partial charge on any atom is 0.321 e. The number of hydrogen-bond donors (Lipinski definition) is 1. The molecule has 1 N–H and O–H groups in total. The Kier molecular flexibility index (Phi) is 3.70. The molecular weight excluding hydrogens is 278 g/mol. The topological polar surface area (TPSA) is 66.5 Å². The predicted octanol–water partition coefficient (Wildman–Crippen LogP) is 1.23. The summed E-state index contributed by atoms with van der Waals surface area (Å²) in [5, 5.41) is 2.23. The Morgan fingerprint density at radius 1 is 1.21 bits per heavy atom. The van der Waals surface area contributed by atoms with Crippen LogP contribution in [0.2, 0.25) is 0 Å². The van der Waals surface area contributed by atoms with Crippen LogP contribution in [0.25, 0.3) is 0 Å². The quantitative estimate of drug-likeness (QED) is 0.846. The van der Waals surface area contributed by atoms with Gasteiger partial charge in [0, 0.05) is 13.1 Å². The Hall–Kier alpha value is -1.70. The van der Waals surface area contributed by atoms with E-state index in [9.17, 15) is 22.0 Å². The minimum atomic E-state index is -3.09. The minimum Gasteiger partial charge on any atom is -0.322 e. The van der Waals surface area contributed by atoms with E-state index in [-0.39, 0.29) is 30.3 Å². The molecule has 1 fully saturated rings. The van der Waals surface area contributed by atoms with E-state index in [1.165, 1.54) is 17.0 Å². The van der Waals surface area contributed by atoms with Crippen LogP contribution in [0.4, 0.5) is 19.3 Å². The molecule has 2 amide bonds. The zero-order valence-corrected chi connectivity index (χ0v) is 10.7. The monoisotopic (exact) mass is 290 g/mol. The molecule has 5 nitrogen and oxygen atoms in total. The zero-order valence-electron chi connectivity index (χ0n) is 9.90. The number of hydrogen-bond acceptors (Lipinski definition) is 3. The molecule has 0 aliphatic carbocycles. The van der Waals surface area contributed by atoms with Crippen molar-refractivity contribution in [3.8, 4) is 0 Å². The molecule has 0 aromatic heterocycles. The molecule has 19 heavy (non-hydrogen) atoms. The number of benzene rings is 1. The smallest absolute Gasteiger partial charge is 0.321 e. The third-order valence-electron chi connectivity index (χ3n) is 2.82. The third kappa shape index (κ3) is 3.19. The first-order valence-electron chi connectivity index (χ1n) is 5.59. The number of nitrogens with one attached hydrogen (secondary N) is 1. The molecule has 1 aliphatic heterocycles. The number of rotatable bonds is 1. The van der Waals surface area contributed by atoms with Crippen molar-refractivity contribution in [2.75, 3.05) is 29.9 Å². The van der Waals surface area contributed by atoms with Gasteiger partial charge in [-0.25, -0.2) is 22.0 Å². The van der Waals surface area contributed by atoms with Crippen molar-refractivity contribution >= 4 is 21.6 Å². The first-order chi connectivity index (χ1) is 8.89. The fourth-order valence-corrected chi connectivity index (χ4v) is 2.91. The molecule has 0 radical (unpaired) electrons. The molecular formula is C11H12F2N2O3S. The summed E-state index contributed by atoms with van der Waals surface area (Å²) < 4.78 is 48.7. The zero-order chi connectivity index (χ0) is 14.0. The van der Waals surface area contributed by atoms with Crippen LogP contribution in [0, 0.1) is 11.6 Å². The van der Waals surface area contributed by atoms with E-state index in [0.29, 0.717) is 0 Å². The number of carbonyl (C=O) groups excluding carboxylic acids is 1.